The molecular formula is C21H19N3O6. The normalized spacial score (nSPS) is 11.8. The van der Waals surface area contributed by atoms with Crippen molar-refractivity contribution in [3.05, 3.63) is 58.9 Å². The second-order valence-corrected chi connectivity index (χ2v) is 6.40. The number of aromatic nitrogens is 2. The molecule has 1 amide bonds. The first kappa shape index (κ1) is 19.3. The van der Waals surface area contributed by atoms with E-state index in [1.807, 2.05) is 6.07 Å². The van der Waals surface area contributed by atoms with Crippen LogP contribution in [0.3, 0.4) is 0 Å². The molecule has 3 aromatic rings. The van der Waals surface area contributed by atoms with Crippen LogP contribution in [0.4, 0.5) is 5.69 Å². The first-order valence-corrected chi connectivity index (χ1v) is 9.07. The molecule has 0 saturated carbocycles. The van der Waals surface area contributed by atoms with Crippen molar-refractivity contribution < 1.29 is 23.7 Å². The van der Waals surface area contributed by atoms with E-state index in [4.69, 9.17) is 18.9 Å². The predicted octanol–water partition coefficient (Wildman–Crippen LogP) is 2.29. The molecule has 1 aliphatic heterocycles. The highest BCUT2D eigenvalue weighted by Gasteiger charge is 2.16. The first-order chi connectivity index (χ1) is 14.6. The van der Waals surface area contributed by atoms with Crippen LogP contribution in [0, 0.1) is 0 Å². The number of hydrogen-bond acceptors (Lipinski definition) is 7. The van der Waals surface area contributed by atoms with Crippen LogP contribution in [-0.4, -0.2) is 36.7 Å². The van der Waals surface area contributed by atoms with Crippen LogP contribution in [0.5, 0.6) is 23.0 Å². The number of carbonyl (C=O) groups is 1. The lowest BCUT2D eigenvalue weighted by atomic mass is 10.1. The van der Waals surface area contributed by atoms with Gasteiger partial charge in [-0.15, -0.1) is 0 Å². The summed E-state index contributed by atoms with van der Waals surface area (Å²) in [5.41, 5.74) is 1.30. The second kappa shape index (κ2) is 8.16. The minimum Gasteiger partial charge on any atom is -0.497 e. The van der Waals surface area contributed by atoms with Gasteiger partial charge in [0.05, 0.1) is 25.6 Å². The van der Waals surface area contributed by atoms with Gasteiger partial charge in [-0.3, -0.25) is 9.59 Å². The Morgan fingerprint density at radius 1 is 1.07 bits per heavy atom. The second-order valence-electron chi connectivity index (χ2n) is 6.40. The fraction of sp³-hybridized carbons (Fsp3) is 0.190. The van der Waals surface area contributed by atoms with E-state index in [2.05, 4.69) is 10.4 Å². The molecule has 0 fully saturated rings. The molecule has 0 aliphatic carbocycles. The molecular weight excluding hydrogens is 390 g/mol. The molecule has 2 heterocycles. The molecule has 0 saturated heterocycles. The number of benzene rings is 2. The summed E-state index contributed by atoms with van der Waals surface area (Å²) < 4.78 is 22.2. The van der Waals surface area contributed by atoms with Crippen LogP contribution in [-0.2, 0) is 11.3 Å². The zero-order chi connectivity index (χ0) is 21.1. The molecule has 0 spiro atoms. The van der Waals surface area contributed by atoms with Crippen LogP contribution in [0.25, 0.3) is 11.3 Å². The summed E-state index contributed by atoms with van der Waals surface area (Å²) in [4.78, 5) is 24.8. The van der Waals surface area contributed by atoms with Gasteiger partial charge in [0.15, 0.2) is 11.5 Å². The van der Waals surface area contributed by atoms with E-state index in [0.717, 1.165) is 10.2 Å². The van der Waals surface area contributed by atoms with Gasteiger partial charge in [-0.05, 0) is 36.4 Å². The number of ether oxygens (including phenoxy) is 4. The smallest absolute Gasteiger partial charge is 0.267 e. The molecule has 30 heavy (non-hydrogen) atoms. The highest BCUT2D eigenvalue weighted by Crippen LogP contribution is 2.35. The summed E-state index contributed by atoms with van der Waals surface area (Å²) in [5, 5.41) is 7.04. The minimum absolute atomic E-state index is 0.166. The zero-order valence-electron chi connectivity index (χ0n) is 16.4. The number of hydrogen-bond donors (Lipinski definition) is 1. The van der Waals surface area contributed by atoms with Crippen LogP contribution >= 0.6 is 0 Å². The Labute approximate surface area is 171 Å². The zero-order valence-corrected chi connectivity index (χ0v) is 16.4. The third kappa shape index (κ3) is 3.90. The van der Waals surface area contributed by atoms with Crippen molar-refractivity contribution in [3.63, 3.8) is 0 Å². The number of rotatable bonds is 6. The largest absolute Gasteiger partial charge is 0.497 e. The van der Waals surface area contributed by atoms with Crippen molar-refractivity contribution >= 4 is 11.6 Å². The molecule has 4 rings (SSSR count). The lowest BCUT2D eigenvalue weighted by Crippen LogP contribution is -2.29. The van der Waals surface area contributed by atoms with Crippen molar-refractivity contribution in [1.29, 1.82) is 0 Å². The fourth-order valence-corrected chi connectivity index (χ4v) is 3.01. The van der Waals surface area contributed by atoms with Crippen molar-refractivity contribution in [2.24, 2.45) is 0 Å². The SMILES string of the molecule is COc1ccc(OC)c(NC(=O)Cn2nc(-c3ccc4c(c3)OCO4)ccc2=O)c1. The maximum absolute atomic E-state index is 12.6. The lowest BCUT2D eigenvalue weighted by molar-refractivity contribution is -0.117. The third-order valence-electron chi connectivity index (χ3n) is 4.51. The Kier molecular flexibility index (Phi) is 5.25. The van der Waals surface area contributed by atoms with Gasteiger partial charge >= 0.3 is 0 Å². The molecule has 0 radical (unpaired) electrons. The van der Waals surface area contributed by atoms with E-state index in [-0.39, 0.29) is 13.3 Å². The molecule has 1 aliphatic rings. The fourth-order valence-electron chi connectivity index (χ4n) is 3.01. The Hall–Kier alpha value is -4.01. The van der Waals surface area contributed by atoms with E-state index in [1.165, 1.54) is 20.3 Å². The topological polar surface area (TPSA) is 101 Å². The Morgan fingerprint density at radius 2 is 1.90 bits per heavy atom. The van der Waals surface area contributed by atoms with Crippen molar-refractivity contribution in [1.82, 2.24) is 9.78 Å². The molecule has 0 unspecified atom stereocenters. The number of fused-ring (bicyclic) bond motifs is 1. The molecule has 0 atom stereocenters. The van der Waals surface area contributed by atoms with Crippen LogP contribution in [0.2, 0.25) is 0 Å². The summed E-state index contributed by atoms with van der Waals surface area (Å²) >= 11 is 0. The number of carbonyl (C=O) groups excluding carboxylic acids is 1. The summed E-state index contributed by atoms with van der Waals surface area (Å²) in [6, 6.07) is 13.4. The van der Waals surface area contributed by atoms with E-state index >= 15 is 0 Å². The first-order valence-electron chi connectivity index (χ1n) is 9.07. The van der Waals surface area contributed by atoms with Crippen LogP contribution in [0.15, 0.2) is 53.3 Å². The van der Waals surface area contributed by atoms with Gasteiger partial charge in [0.1, 0.15) is 18.0 Å². The number of methoxy groups -OCH3 is 2. The van der Waals surface area contributed by atoms with Gasteiger partial charge in [0.2, 0.25) is 12.7 Å². The van der Waals surface area contributed by atoms with Crippen molar-refractivity contribution in [3.8, 4) is 34.3 Å². The Morgan fingerprint density at radius 3 is 2.70 bits per heavy atom. The summed E-state index contributed by atoms with van der Waals surface area (Å²) in [6.07, 6.45) is 0. The predicted molar refractivity (Wildman–Crippen MR) is 108 cm³/mol. The van der Waals surface area contributed by atoms with Gasteiger partial charge in [-0.25, -0.2) is 4.68 Å². The van der Waals surface area contributed by atoms with Gasteiger partial charge in [0.25, 0.3) is 5.56 Å². The number of amides is 1. The highest BCUT2D eigenvalue weighted by atomic mass is 16.7. The van der Waals surface area contributed by atoms with Gasteiger partial charge < -0.3 is 24.3 Å². The molecule has 1 N–H and O–H groups in total. The molecule has 1 aromatic heterocycles. The average Bonchev–Trinajstić information content (AvgIpc) is 3.23. The maximum atomic E-state index is 12.6. The highest BCUT2D eigenvalue weighted by molar-refractivity contribution is 5.92. The van der Waals surface area contributed by atoms with E-state index in [0.29, 0.717) is 34.4 Å². The van der Waals surface area contributed by atoms with Gasteiger partial charge in [0, 0.05) is 17.7 Å². The lowest BCUT2D eigenvalue weighted by Gasteiger charge is -2.12. The van der Waals surface area contributed by atoms with Crippen molar-refractivity contribution in [2.45, 2.75) is 6.54 Å². The molecule has 9 nitrogen and oxygen atoms in total. The Bertz CT molecular complexity index is 1160. The van der Waals surface area contributed by atoms with Gasteiger partial charge in [-0.1, -0.05) is 0 Å². The number of nitrogens with zero attached hydrogens (tertiary/aromatic N) is 2. The maximum Gasteiger partial charge on any atom is 0.267 e. The molecule has 2 aromatic carbocycles. The van der Waals surface area contributed by atoms with Crippen molar-refractivity contribution in [2.75, 3.05) is 26.3 Å². The minimum atomic E-state index is -0.431. The number of nitrogens with one attached hydrogen (secondary N) is 1. The quantitative estimate of drug-likeness (QED) is 0.667. The third-order valence-corrected chi connectivity index (χ3v) is 4.51. The number of anilines is 1. The summed E-state index contributed by atoms with van der Waals surface area (Å²) in [6.45, 7) is -0.1000. The van der Waals surface area contributed by atoms with Crippen LogP contribution in [0.1, 0.15) is 0 Å². The van der Waals surface area contributed by atoms with Gasteiger partial charge in [-0.2, -0.15) is 5.10 Å². The molecule has 154 valence electrons. The molecule has 0 bridgehead atoms. The standard InChI is InChI=1S/C21H19N3O6/c1-27-14-4-7-17(28-2)16(10-14)22-20(25)11-24-21(26)8-5-15(23-24)13-3-6-18-19(9-13)30-12-29-18/h3-10H,11-12H2,1-2H3,(H,22,25). The monoisotopic (exact) mass is 409 g/mol. The summed E-state index contributed by atoms with van der Waals surface area (Å²) in [7, 11) is 3.02. The van der Waals surface area contributed by atoms with E-state index in [9.17, 15) is 9.59 Å². The molecule has 9 heteroatoms. The average molecular weight is 409 g/mol. The van der Waals surface area contributed by atoms with Crippen LogP contribution < -0.4 is 29.8 Å². The Balaban J connectivity index is 1.56. The summed E-state index contributed by atoms with van der Waals surface area (Å²) in [5.74, 6) is 1.86. The van der Waals surface area contributed by atoms with E-state index < -0.39 is 11.5 Å². The van der Waals surface area contributed by atoms with E-state index in [1.54, 1.807) is 36.4 Å².